The number of aryl methyl sites for hydroxylation is 2. The summed E-state index contributed by atoms with van der Waals surface area (Å²) in [5.41, 5.74) is 8.33. The number of nitrogens with two attached hydrogens (primary N) is 1. The normalized spacial score (nSPS) is 11.8. The van der Waals surface area contributed by atoms with Crippen LogP contribution in [0, 0.1) is 13.8 Å². The first-order valence-corrected chi connectivity index (χ1v) is 7.50. The fourth-order valence-electron chi connectivity index (χ4n) is 1.94. The Kier molecular flexibility index (Phi) is 3.78. The smallest absolute Gasteiger partial charge is 0.260 e. The number of aromatic nitrogens is 3. The molecule has 0 atom stereocenters. The van der Waals surface area contributed by atoms with E-state index >= 15 is 0 Å². The Hall–Kier alpha value is -1.93. The average molecular weight is 295 g/mol. The Labute approximate surface area is 117 Å². The Morgan fingerprint density at radius 2 is 2.10 bits per heavy atom. The average Bonchev–Trinajstić information content (AvgIpc) is 2.61. The SMILES string of the molecule is Cc1nn(C)c(C)c1CNS(=O)(=O)c1ncccc1N. The van der Waals surface area contributed by atoms with Gasteiger partial charge in [-0.25, -0.2) is 18.1 Å². The summed E-state index contributed by atoms with van der Waals surface area (Å²) in [4.78, 5) is 3.82. The van der Waals surface area contributed by atoms with E-state index in [1.54, 1.807) is 10.7 Å². The maximum Gasteiger partial charge on any atom is 0.260 e. The summed E-state index contributed by atoms with van der Waals surface area (Å²) in [6.45, 7) is 3.88. The molecule has 0 saturated heterocycles. The fourth-order valence-corrected chi connectivity index (χ4v) is 2.99. The second-order valence-corrected chi connectivity index (χ2v) is 6.18. The van der Waals surface area contributed by atoms with Crippen molar-refractivity contribution >= 4 is 15.7 Å². The topological polar surface area (TPSA) is 103 Å². The highest BCUT2D eigenvalue weighted by Gasteiger charge is 2.20. The minimum Gasteiger partial charge on any atom is -0.396 e. The summed E-state index contributed by atoms with van der Waals surface area (Å²) in [6.07, 6.45) is 1.39. The van der Waals surface area contributed by atoms with Crippen LogP contribution in [0.25, 0.3) is 0 Å². The predicted molar refractivity (Wildman–Crippen MR) is 75.4 cm³/mol. The van der Waals surface area contributed by atoms with Crippen LogP contribution < -0.4 is 10.5 Å². The number of rotatable bonds is 4. The van der Waals surface area contributed by atoms with Crippen LogP contribution >= 0.6 is 0 Å². The maximum absolute atomic E-state index is 12.2. The molecule has 3 N–H and O–H groups in total. The molecular formula is C12H17N5O2S. The van der Waals surface area contributed by atoms with Crippen LogP contribution in [0.15, 0.2) is 23.4 Å². The zero-order chi connectivity index (χ0) is 14.9. The van der Waals surface area contributed by atoms with E-state index in [0.717, 1.165) is 17.0 Å². The zero-order valence-corrected chi connectivity index (χ0v) is 12.4. The molecule has 0 aliphatic heterocycles. The molecule has 0 bridgehead atoms. The van der Waals surface area contributed by atoms with Crippen LogP contribution in [-0.4, -0.2) is 23.2 Å². The van der Waals surface area contributed by atoms with Crippen LogP contribution in [0.5, 0.6) is 0 Å². The highest BCUT2D eigenvalue weighted by molar-refractivity contribution is 7.89. The van der Waals surface area contributed by atoms with Crippen molar-refractivity contribution in [1.82, 2.24) is 19.5 Å². The molecule has 20 heavy (non-hydrogen) atoms. The number of nitrogen functional groups attached to an aromatic ring is 1. The van der Waals surface area contributed by atoms with Crippen molar-refractivity contribution in [2.45, 2.75) is 25.4 Å². The van der Waals surface area contributed by atoms with Gasteiger partial charge in [-0.2, -0.15) is 5.10 Å². The van der Waals surface area contributed by atoms with Crippen LogP contribution in [0.4, 0.5) is 5.69 Å². The number of hydrogen-bond acceptors (Lipinski definition) is 5. The maximum atomic E-state index is 12.2. The van der Waals surface area contributed by atoms with Gasteiger partial charge in [0.25, 0.3) is 10.0 Å². The van der Waals surface area contributed by atoms with E-state index in [4.69, 9.17) is 5.73 Å². The minimum atomic E-state index is -3.74. The molecule has 2 rings (SSSR count). The van der Waals surface area contributed by atoms with Gasteiger partial charge >= 0.3 is 0 Å². The van der Waals surface area contributed by atoms with Gasteiger partial charge in [-0.15, -0.1) is 0 Å². The van der Waals surface area contributed by atoms with Crippen molar-refractivity contribution in [3.8, 4) is 0 Å². The van der Waals surface area contributed by atoms with Crippen LogP contribution in [0.3, 0.4) is 0 Å². The van der Waals surface area contributed by atoms with Crippen molar-refractivity contribution in [1.29, 1.82) is 0 Å². The van der Waals surface area contributed by atoms with Crippen molar-refractivity contribution in [3.63, 3.8) is 0 Å². The van der Waals surface area contributed by atoms with E-state index < -0.39 is 10.0 Å². The van der Waals surface area contributed by atoms with E-state index in [-0.39, 0.29) is 17.3 Å². The first-order valence-electron chi connectivity index (χ1n) is 6.02. The zero-order valence-electron chi connectivity index (χ0n) is 11.6. The fraction of sp³-hybridized carbons (Fsp3) is 0.333. The van der Waals surface area contributed by atoms with Gasteiger partial charge < -0.3 is 5.73 Å². The second kappa shape index (κ2) is 5.22. The first-order chi connectivity index (χ1) is 9.33. The molecule has 7 nitrogen and oxygen atoms in total. The lowest BCUT2D eigenvalue weighted by Crippen LogP contribution is -2.25. The quantitative estimate of drug-likeness (QED) is 0.854. The molecule has 0 aliphatic rings. The number of nitrogens with one attached hydrogen (secondary N) is 1. The monoisotopic (exact) mass is 295 g/mol. The second-order valence-electron chi connectivity index (χ2n) is 4.50. The number of anilines is 1. The van der Waals surface area contributed by atoms with E-state index in [2.05, 4.69) is 14.8 Å². The van der Waals surface area contributed by atoms with Gasteiger partial charge in [-0.1, -0.05) is 0 Å². The Bertz CT molecular complexity index is 736. The van der Waals surface area contributed by atoms with Gasteiger partial charge in [-0.05, 0) is 26.0 Å². The summed E-state index contributed by atoms with van der Waals surface area (Å²) in [5.74, 6) is 0. The van der Waals surface area contributed by atoms with Gasteiger partial charge in [-0.3, -0.25) is 4.68 Å². The summed E-state index contributed by atoms with van der Waals surface area (Å²) in [6, 6.07) is 3.09. The van der Waals surface area contributed by atoms with Gasteiger partial charge in [0.1, 0.15) is 0 Å². The molecule has 2 aromatic rings. The van der Waals surface area contributed by atoms with Gasteiger partial charge in [0.2, 0.25) is 0 Å². The van der Waals surface area contributed by atoms with Crippen molar-refractivity contribution in [2.75, 3.05) is 5.73 Å². The first kappa shape index (κ1) is 14.5. The van der Waals surface area contributed by atoms with Gasteiger partial charge in [0, 0.05) is 31.0 Å². The molecule has 0 aromatic carbocycles. The number of pyridine rings is 1. The van der Waals surface area contributed by atoms with Crippen molar-refractivity contribution in [2.24, 2.45) is 7.05 Å². The largest absolute Gasteiger partial charge is 0.396 e. The highest BCUT2D eigenvalue weighted by atomic mass is 32.2. The van der Waals surface area contributed by atoms with E-state index in [1.165, 1.54) is 12.3 Å². The van der Waals surface area contributed by atoms with Gasteiger partial charge in [0.05, 0.1) is 11.4 Å². The van der Waals surface area contributed by atoms with Gasteiger partial charge in [0.15, 0.2) is 5.03 Å². The molecule has 0 radical (unpaired) electrons. The molecule has 0 amide bonds. The summed E-state index contributed by atoms with van der Waals surface area (Å²) in [5, 5.41) is 4.09. The van der Waals surface area contributed by atoms with E-state index in [0.29, 0.717) is 0 Å². The Morgan fingerprint density at radius 3 is 2.65 bits per heavy atom. The lowest BCUT2D eigenvalue weighted by atomic mass is 10.2. The number of nitrogens with zero attached hydrogens (tertiary/aromatic N) is 3. The van der Waals surface area contributed by atoms with Crippen molar-refractivity contribution < 1.29 is 8.42 Å². The third-order valence-corrected chi connectivity index (χ3v) is 4.53. The van der Waals surface area contributed by atoms with Crippen LogP contribution in [0.2, 0.25) is 0 Å². The third kappa shape index (κ3) is 2.66. The predicted octanol–water partition coefficient (Wildman–Crippen LogP) is 0.493. The molecule has 2 aromatic heterocycles. The summed E-state index contributed by atoms with van der Waals surface area (Å²) >= 11 is 0. The molecule has 0 saturated carbocycles. The Balaban J connectivity index is 2.24. The van der Waals surface area contributed by atoms with Crippen LogP contribution in [0.1, 0.15) is 17.0 Å². The minimum absolute atomic E-state index is 0.125. The van der Waals surface area contributed by atoms with E-state index in [1.807, 2.05) is 20.9 Å². The Morgan fingerprint density at radius 1 is 1.40 bits per heavy atom. The molecular weight excluding hydrogens is 278 g/mol. The molecule has 2 heterocycles. The summed E-state index contributed by atoms with van der Waals surface area (Å²) < 4.78 is 28.6. The van der Waals surface area contributed by atoms with Crippen molar-refractivity contribution in [3.05, 3.63) is 35.3 Å². The molecule has 0 fully saturated rings. The number of hydrogen-bond donors (Lipinski definition) is 2. The molecule has 0 unspecified atom stereocenters. The molecule has 0 spiro atoms. The third-order valence-electron chi connectivity index (χ3n) is 3.15. The lowest BCUT2D eigenvalue weighted by Gasteiger charge is -2.08. The molecule has 8 heteroatoms. The van der Waals surface area contributed by atoms with E-state index in [9.17, 15) is 8.42 Å². The molecule has 0 aliphatic carbocycles. The number of sulfonamides is 1. The van der Waals surface area contributed by atoms with Crippen LogP contribution in [-0.2, 0) is 23.6 Å². The lowest BCUT2D eigenvalue weighted by molar-refractivity contribution is 0.577. The highest BCUT2D eigenvalue weighted by Crippen LogP contribution is 2.16. The standard InChI is InChI=1S/C12H17N5O2S/c1-8-10(9(2)17(3)16-8)7-15-20(18,19)12-11(13)5-4-6-14-12/h4-6,15H,7,13H2,1-3H3. The molecule has 108 valence electrons. The summed E-state index contributed by atoms with van der Waals surface area (Å²) in [7, 11) is -1.92.